The van der Waals surface area contributed by atoms with Crippen LogP contribution in [-0.4, -0.2) is 42.0 Å². The molecule has 0 aliphatic rings. The van der Waals surface area contributed by atoms with E-state index < -0.39 is 0 Å². The summed E-state index contributed by atoms with van der Waals surface area (Å²) in [6.07, 6.45) is 0. The van der Waals surface area contributed by atoms with Crippen LogP contribution in [0.4, 0.5) is 0 Å². The zero-order valence-electron chi connectivity index (χ0n) is 17.2. The topological polar surface area (TPSA) is 96.1 Å². The van der Waals surface area contributed by atoms with E-state index in [4.69, 9.17) is 4.74 Å². The number of hydrogen-bond donors (Lipinski definition) is 3. The maximum atomic E-state index is 12.8. The predicted molar refractivity (Wildman–Crippen MR) is 122 cm³/mol. The number of hydrogen-bond acceptors (Lipinski definition) is 5. The minimum atomic E-state index is -0.263. The van der Waals surface area contributed by atoms with Gasteiger partial charge in [0.1, 0.15) is 22.6 Å². The highest BCUT2D eigenvalue weighted by Gasteiger charge is 2.18. The van der Waals surface area contributed by atoms with E-state index in [1.807, 2.05) is 36.6 Å². The molecule has 0 bridgehead atoms. The van der Waals surface area contributed by atoms with Crippen LogP contribution < -0.4 is 15.4 Å². The Morgan fingerprint density at radius 2 is 1.77 bits per heavy atom. The number of imidazole rings is 1. The summed E-state index contributed by atoms with van der Waals surface area (Å²) in [6.45, 7) is 2.58. The van der Waals surface area contributed by atoms with Crippen LogP contribution in [0.5, 0.6) is 5.75 Å². The Morgan fingerprint density at radius 1 is 1.03 bits per heavy atom. The van der Waals surface area contributed by atoms with Crippen LogP contribution in [0.3, 0.4) is 0 Å². The van der Waals surface area contributed by atoms with Gasteiger partial charge < -0.3 is 20.4 Å². The molecule has 0 unspecified atom stereocenters. The number of nitrogens with zero attached hydrogens (tertiary/aromatic N) is 1. The normalized spacial score (nSPS) is 10.8. The molecule has 0 spiro atoms. The molecule has 4 aromatic rings. The summed E-state index contributed by atoms with van der Waals surface area (Å²) in [7, 11) is 1.58. The van der Waals surface area contributed by atoms with Gasteiger partial charge in [-0.3, -0.25) is 9.59 Å². The van der Waals surface area contributed by atoms with Gasteiger partial charge in [0.15, 0.2) is 0 Å². The SMILES string of the molecule is COc1ccc(C(=O)NCCNC(=O)c2ccc(C)cc2)c2nc(-c3cccs3)[nH]c12. The fourth-order valence-corrected chi connectivity index (χ4v) is 3.87. The molecule has 2 amide bonds. The largest absolute Gasteiger partial charge is 0.494 e. The number of methoxy groups -OCH3 is 1. The Hall–Kier alpha value is -3.65. The van der Waals surface area contributed by atoms with Crippen molar-refractivity contribution in [1.29, 1.82) is 0 Å². The van der Waals surface area contributed by atoms with Crippen LogP contribution in [0.15, 0.2) is 53.9 Å². The van der Waals surface area contributed by atoms with E-state index in [0.717, 1.165) is 10.4 Å². The second-order valence-corrected chi connectivity index (χ2v) is 7.93. The summed E-state index contributed by atoms with van der Waals surface area (Å²) in [5.74, 6) is 0.872. The van der Waals surface area contributed by atoms with Gasteiger partial charge in [0, 0.05) is 18.7 Å². The lowest BCUT2D eigenvalue weighted by molar-refractivity contribution is 0.0928. The summed E-state index contributed by atoms with van der Waals surface area (Å²) in [6, 6.07) is 14.7. The van der Waals surface area contributed by atoms with E-state index in [1.54, 1.807) is 42.7 Å². The number of carbonyl (C=O) groups is 2. The maximum Gasteiger partial charge on any atom is 0.253 e. The Kier molecular flexibility index (Phi) is 5.99. The molecule has 31 heavy (non-hydrogen) atoms. The lowest BCUT2D eigenvalue weighted by atomic mass is 10.1. The highest BCUT2D eigenvalue weighted by Crippen LogP contribution is 2.31. The molecule has 0 radical (unpaired) electrons. The van der Waals surface area contributed by atoms with Crippen molar-refractivity contribution in [3.05, 3.63) is 70.6 Å². The third-order valence-electron chi connectivity index (χ3n) is 4.84. The molecule has 2 aromatic carbocycles. The Labute approximate surface area is 183 Å². The lowest BCUT2D eigenvalue weighted by Gasteiger charge is -2.09. The number of aromatic nitrogens is 2. The number of fused-ring (bicyclic) bond motifs is 1. The van der Waals surface area contributed by atoms with Gasteiger partial charge in [-0.1, -0.05) is 23.8 Å². The van der Waals surface area contributed by atoms with Gasteiger partial charge in [-0.2, -0.15) is 0 Å². The molecule has 2 heterocycles. The molecule has 0 aliphatic heterocycles. The molecule has 0 atom stereocenters. The Morgan fingerprint density at radius 3 is 2.45 bits per heavy atom. The van der Waals surface area contributed by atoms with Gasteiger partial charge in [0.2, 0.25) is 0 Å². The third-order valence-corrected chi connectivity index (χ3v) is 5.71. The van der Waals surface area contributed by atoms with Crippen LogP contribution >= 0.6 is 11.3 Å². The quantitative estimate of drug-likeness (QED) is 0.386. The first-order chi connectivity index (χ1) is 15.1. The Bertz CT molecular complexity index is 1210. The first kappa shape index (κ1) is 20.6. The molecule has 0 fully saturated rings. The molecule has 2 aromatic heterocycles. The van der Waals surface area contributed by atoms with Crippen LogP contribution in [0.2, 0.25) is 0 Å². The number of thiophene rings is 1. The molecular weight excluding hydrogens is 412 g/mol. The average Bonchev–Trinajstić information content (AvgIpc) is 3.46. The van der Waals surface area contributed by atoms with Crippen LogP contribution in [0.1, 0.15) is 26.3 Å². The van der Waals surface area contributed by atoms with Crippen molar-refractivity contribution in [1.82, 2.24) is 20.6 Å². The zero-order valence-corrected chi connectivity index (χ0v) is 18.0. The van der Waals surface area contributed by atoms with E-state index >= 15 is 0 Å². The van der Waals surface area contributed by atoms with Crippen LogP contribution in [0, 0.1) is 6.92 Å². The van der Waals surface area contributed by atoms with Gasteiger partial charge in [-0.25, -0.2) is 4.98 Å². The number of H-pyrrole nitrogens is 1. The first-order valence-corrected chi connectivity index (χ1v) is 10.7. The van der Waals surface area contributed by atoms with Crippen molar-refractivity contribution in [3.8, 4) is 16.5 Å². The fourth-order valence-electron chi connectivity index (χ4n) is 3.21. The van der Waals surface area contributed by atoms with Gasteiger partial charge in [-0.15, -0.1) is 11.3 Å². The van der Waals surface area contributed by atoms with Crippen molar-refractivity contribution in [2.24, 2.45) is 0 Å². The van der Waals surface area contributed by atoms with E-state index in [2.05, 4.69) is 20.6 Å². The molecular formula is C23H22N4O3S. The number of aromatic amines is 1. The molecule has 3 N–H and O–H groups in total. The third kappa shape index (κ3) is 4.44. The number of amides is 2. The summed E-state index contributed by atoms with van der Waals surface area (Å²) in [5.41, 5.74) is 3.34. The zero-order chi connectivity index (χ0) is 21.8. The summed E-state index contributed by atoms with van der Waals surface area (Å²) in [5, 5.41) is 7.62. The number of aryl methyl sites for hydroxylation is 1. The average molecular weight is 435 g/mol. The van der Waals surface area contributed by atoms with Crippen molar-refractivity contribution in [2.75, 3.05) is 20.2 Å². The van der Waals surface area contributed by atoms with E-state index in [0.29, 0.717) is 46.8 Å². The molecule has 0 saturated carbocycles. The van der Waals surface area contributed by atoms with Crippen molar-refractivity contribution < 1.29 is 14.3 Å². The van der Waals surface area contributed by atoms with Crippen LogP contribution in [0.25, 0.3) is 21.7 Å². The number of benzene rings is 2. The molecule has 158 valence electrons. The molecule has 0 saturated heterocycles. The monoisotopic (exact) mass is 434 g/mol. The Balaban J connectivity index is 1.44. The van der Waals surface area contributed by atoms with Gasteiger partial charge in [0.05, 0.1) is 17.6 Å². The second kappa shape index (κ2) is 9.01. The number of carbonyl (C=O) groups excluding carboxylic acids is 2. The van der Waals surface area contributed by atoms with Crippen molar-refractivity contribution >= 4 is 34.2 Å². The van der Waals surface area contributed by atoms with E-state index in [-0.39, 0.29) is 11.8 Å². The van der Waals surface area contributed by atoms with Gasteiger partial charge in [0.25, 0.3) is 11.8 Å². The lowest BCUT2D eigenvalue weighted by Crippen LogP contribution is -2.34. The fraction of sp³-hybridized carbons (Fsp3) is 0.174. The van der Waals surface area contributed by atoms with Crippen LogP contribution in [-0.2, 0) is 0 Å². The molecule has 7 nitrogen and oxygen atoms in total. The molecule has 0 aliphatic carbocycles. The maximum absolute atomic E-state index is 12.8. The number of rotatable bonds is 7. The summed E-state index contributed by atoms with van der Waals surface area (Å²) in [4.78, 5) is 33.8. The minimum absolute atomic E-state index is 0.172. The standard InChI is InChI=1S/C23H22N4O3S/c1-14-5-7-15(8-6-14)22(28)24-11-12-25-23(29)16-9-10-17(30-2)20-19(16)26-21(27-20)18-4-3-13-31-18/h3-10,13H,11-12H2,1-2H3,(H,24,28)(H,25,29)(H,26,27). The number of nitrogens with one attached hydrogen (secondary N) is 3. The molecule has 8 heteroatoms. The summed E-state index contributed by atoms with van der Waals surface area (Å²) < 4.78 is 5.42. The highest BCUT2D eigenvalue weighted by molar-refractivity contribution is 7.13. The van der Waals surface area contributed by atoms with Gasteiger partial charge in [-0.05, 0) is 42.6 Å². The first-order valence-electron chi connectivity index (χ1n) is 9.80. The number of ether oxygens (including phenoxy) is 1. The highest BCUT2D eigenvalue weighted by atomic mass is 32.1. The van der Waals surface area contributed by atoms with Gasteiger partial charge >= 0.3 is 0 Å². The van der Waals surface area contributed by atoms with Crippen molar-refractivity contribution in [2.45, 2.75) is 6.92 Å². The predicted octanol–water partition coefficient (Wildman–Crippen LogP) is 3.77. The second-order valence-electron chi connectivity index (χ2n) is 6.98. The smallest absolute Gasteiger partial charge is 0.253 e. The summed E-state index contributed by atoms with van der Waals surface area (Å²) >= 11 is 1.56. The van der Waals surface area contributed by atoms with E-state index in [9.17, 15) is 9.59 Å². The van der Waals surface area contributed by atoms with Crippen molar-refractivity contribution in [3.63, 3.8) is 0 Å². The minimum Gasteiger partial charge on any atom is -0.494 e. The molecule has 4 rings (SSSR count). The van der Waals surface area contributed by atoms with E-state index in [1.165, 1.54) is 0 Å².